The van der Waals surface area contributed by atoms with E-state index < -0.39 is 17.4 Å². The summed E-state index contributed by atoms with van der Waals surface area (Å²) in [5, 5.41) is 4.05. The van der Waals surface area contributed by atoms with Crippen molar-refractivity contribution < 1.29 is 13.5 Å². The lowest BCUT2D eigenvalue weighted by atomic mass is 10.2. The molecule has 1 aliphatic heterocycles. The Hall–Kier alpha value is -3.31. The second kappa shape index (κ2) is 8.56. The highest BCUT2D eigenvalue weighted by molar-refractivity contribution is 7.15. The van der Waals surface area contributed by atoms with Crippen molar-refractivity contribution in [1.29, 1.82) is 0 Å². The molecule has 0 bridgehead atoms. The maximum Gasteiger partial charge on any atom is 0.326 e. The molecule has 5 rings (SSSR count). The minimum Gasteiger partial charge on any atom is -0.418 e. The van der Waals surface area contributed by atoms with Gasteiger partial charge in [-0.1, -0.05) is 0 Å². The van der Waals surface area contributed by atoms with Crippen LogP contribution in [0.25, 0.3) is 10.9 Å². The largest absolute Gasteiger partial charge is 0.418 e. The predicted molar refractivity (Wildman–Crippen MR) is 125 cm³/mol. The van der Waals surface area contributed by atoms with Crippen LogP contribution in [0.2, 0.25) is 0 Å². The van der Waals surface area contributed by atoms with Crippen LogP contribution in [0.1, 0.15) is 10.6 Å². The Bertz CT molecular complexity index is 1310. The number of likely N-dealkylation sites (N-methyl/N-ethyl adjacent to an activating group) is 1. The molecule has 0 aliphatic carbocycles. The van der Waals surface area contributed by atoms with E-state index in [0.717, 1.165) is 36.8 Å². The summed E-state index contributed by atoms with van der Waals surface area (Å²) in [6, 6.07) is 4.46. The number of anilines is 3. The molecule has 1 aliphatic rings. The van der Waals surface area contributed by atoms with Crippen molar-refractivity contribution in [3.05, 3.63) is 46.6 Å². The number of piperazine rings is 1. The van der Waals surface area contributed by atoms with Gasteiger partial charge in [0.25, 0.3) is 0 Å². The van der Waals surface area contributed by atoms with Crippen molar-refractivity contribution in [2.75, 3.05) is 43.4 Å². The molecule has 1 aromatic carbocycles. The first kappa shape index (κ1) is 21.5. The van der Waals surface area contributed by atoms with Crippen molar-refractivity contribution in [2.24, 2.45) is 0 Å². The number of ether oxygens (including phenoxy) is 1. The van der Waals surface area contributed by atoms with E-state index in [4.69, 9.17) is 4.74 Å². The second-order valence-corrected chi connectivity index (χ2v) is 9.34. The first-order chi connectivity index (χ1) is 15.9. The normalized spacial score (nSPS) is 14.8. The fraction of sp³-hybridized carbons (Fsp3) is 0.318. The third-order valence-corrected chi connectivity index (χ3v) is 6.30. The molecule has 0 spiro atoms. The molecule has 4 aromatic rings. The number of hydrogen-bond donors (Lipinski definition) is 2. The van der Waals surface area contributed by atoms with Gasteiger partial charge in [-0.15, -0.1) is 11.3 Å². The van der Waals surface area contributed by atoms with E-state index >= 15 is 4.39 Å². The van der Waals surface area contributed by atoms with Gasteiger partial charge in [0.05, 0.1) is 5.52 Å². The summed E-state index contributed by atoms with van der Waals surface area (Å²) in [4.78, 5) is 21.4. The Morgan fingerprint density at radius 2 is 1.88 bits per heavy atom. The minimum absolute atomic E-state index is 0.147. The van der Waals surface area contributed by atoms with Gasteiger partial charge >= 0.3 is 6.01 Å². The molecule has 1 saturated heterocycles. The SMILES string of the molecule is Cc1cc2c(F)c(Oc3nc(Nc4ncc(C)s4)cc(N4CCN(C)CC4)n3)c(F)cc2[nH]1. The van der Waals surface area contributed by atoms with Crippen molar-refractivity contribution in [3.63, 3.8) is 0 Å². The molecule has 3 aromatic heterocycles. The van der Waals surface area contributed by atoms with Crippen molar-refractivity contribution in [3.8, 4) is 11.8 Å². The lowest BCUT2D eigenvalue weighted by Crippen LogP contribution is -2.44. The van der Waals surface area contributed by atoms with Gasteiger partial charge < -0.3 is 24.8 Å². The first-order valence-corrected chi connectivity index (χ1v) is 11.3. The van der Waals surface area contributed by atoms with E-state index in [1.807, 2.05) is 6.92 Å². The van der Waals surface area contributed by atoms with Gasteiger partial charge in [-0.3, -0.25) is 0 Å². The van der Waals surface area contributed by atoms with Crippen LogP contribution in [0.5, 0.6) is 11.8 Å². The number of benzene rings is 1. The van der Waals surface area contributed by atoms with E-state index in [1.165, 1.54) is 17.4 Å². The highest BCUT2D eigenvalue weighted by atomic mass is 32.1. The van der Waals surface area contributed by atoms with Crippen LogP contribution in [0, 0.1) is 25.5 Å². The molecule has 33 heavy (non-hydrogen) atoms. The zero-order chi connectivity index (χ0) is 23.1. The summed E-state index contributed by atoms with van der Waals surface area (Å²) in [5.74, 6) is -1.12. The summed E-state index contributed by atoms with van der Waals surface area (Å²) in [6.07, 6.45) is 1.76. The molecule has 4 heterocycles. The predicted octanol–water partition coefficient (Wildman–Crippen LogP) is 4.60. The van der Waals surface area contributed by atoms with Gasteiger partial charge in [0.2, 0.25) is 5.75 Å². The number of aromatic amines is 1. The third-order valence-electron chi connectivity index (χ3n) is 5.48. The Morgan fingerprint density at radius 1 is 1.09 bits per heavy atom. The van der Waals surface area contributed by atoms with E-state index in [0.29, 0.717) is 22.3 Å². The van der Waals surface area contributed by atoms with Crippen LogP contribution in [0.3, 0.4) is 0 Å². The van der Waals surface area contributed by atoms with Crippen LogP contribution < -0.4 is 15.0 Å². The van der Waals surface area contributed by atoms with E-state index in [2.05, 4.69) is 42.1 Å². The second-order valence-electron chi connectivity index (χ2n) is 8.10. The van der Waals surface area contributed by atoms with E-state index in [9.17, 15) is 4.39 Å². The Labute approximate surface area is 193 Å². The van der Waals surface area contributed by atoms with Gasteiger partial charge in [-0.25, -0.2) is 13.8 Å². The van der Waals surface area contributed by atoms with Crippen molar-refractivity contribution in [1.82, 2.24) is 24.8 Å². The van der Waals surface area contributed by atoms with E-state index in [-0.39, 0.29) is 11.4 Å². The van der Waals surface area contributed by atoms with Gasteiger partial charge in [-0.2, -0.15) is 9.97 Å². The summed E-state index contributed by atoms with van der Waals surface area (Å²) in [6.45, 7) is 7.01. The fourth-order valence-electron chi connectivity index (χ4n) is 3.75. The summed E-state index contributed by atoms with van der Waals surface area (Å²) >= 11 is 1.48. The standard InChI is InChI=1S/C22H23F2N7OS/c1-12-8-14-16(26-12)9-15(23)20(19(14)24)32-21-27-17(28-22-25-11-13(2)33-22)10-18(29-21)31-6-4-30(3)5-7-31/h8-11,26H,4-7H2,1-3H3,(H,25,27,28,29). The Balaban J connectivity index is 1.52. The molecule has 1 fully saturated rings. The van der Waals surface area contributed by atoms with Crippen LogP contribution in [-0.2, 0) is 0 Å². The molecule has 172 valence electrons. The Morgan fingerprint density at radius 3 is 2.61 bits per heavy atom. The third kappa shape index (κ3) is 4.46. The average molecular weight is 472 g/mol. The van der Waals surface area contributed by atoms with Crippen molar-refractivity contribution >= 4 is 39.0 Å². The molecule has 8 nitrogen and oxygen atoms in total. The number of aryl methyl sites for hydroxylation is 2. The summed E-state index contributed by atoms with van der Waals surface area (Å²) in [7, 11) is 2.06. The van der Waals surface area contributed by atoms with Crippen molar-refractivity contribution in [2.45, 2.75) is 13.8 Å². The number of aromatic nitrogens is 4. The van der Waals surface area contributed by atoms with Gasteiger partial charge in [0, 0.05) is 60.5 Å². The van der Waals surface area contributed by atoms with Crippen LogP contribution in [0.4, 0.5) is 25.5 Å². The summed E-state index contributed by atoms with van der Waals surface area (Å²) < 4.78 is 35.5. The lowest BCUT2D eigenvalue weighted by Gasteiger charge is -2.33. The minimum atomic E-state index is -0.833. The lowest BCUT2D eigenvalue weighted by molar-refractivity contribution is 0.311. The summed E-state index contributed by atoms with van der Waals surface area (Å²) in [5.41, 5.74) is 1.09. The molecule has 0 radical (unpaired) electrons. The number of H-pyrrole nitrogens is 1. The number of fused-ring (bicyclic) bond motifs is 1. The number of halogens is 2. The smallest absolute Gasteiger partial charge is 0.326 e. The molecule has 2 N–H and O–H groups in total. The molecular formula is C22H23F2N7OS. The number of thiazole rings is 1. The number of nitrogens with zero attached hydrogens (tertiary/aromatic N) is 5. The molecule has 0 amide bonds. The van der Waals surface area contributed by atoms with Gasteiger partial charge in [0.15, 0.2) is 16.8 Å². The highest BCUT2D eigenvalue weighted by Gasteiger charge is 2.22. The molecular weight excluding hydrogens is 448 g/mol. The topological polar surface area (TPSA) is 82.2 Å². The van der Waals surface area contributed by atoms with E-state index in [1.54, 1.807) is 25.3 Å². The monoisotopic (exact) mass is 471 g/mol. The van der Waals surface area contributed by atoms with Crippen LogP contribution >= 0.6 is 11.3 Å². The number of rotatable bonds is 5. The zero-order valence-corrected chi connectivity index (χ0v) is 19.3. The molecule has 0 atom stereocenters. The van der Waals surface area contributed by atoms with Gasteiger partial charge in [-0.05, 0) is 27.0 Å². The number of nitrogens with one attached hydrogen (secondary N) is 2. The van der Waals surface area contributed by atoms with Crippen LogP contribution in [-0.4, -0.2) is 58.1 Å². The maximum atomic E-state index is 15.1. The fourth-order valence-corrected chi connectivity index (χ4v) is 4.42. The molecule has 0 unspecified atom stereocenters. The average Bonchev–Trinajstić information content (AvgIpc) is 3.36. The zero-order valence-electron chi connectivity index (χ0n) is 18.4. The van der Waals surface area contributed by atoms with Gasteiger partial charge in [0.1, 0.15) is 11.6 Å². The van der Waals surface area contributed by atoms with Crippen LogP contribution in [0.15, 0.2) is 24.4 Å². The number of hydrogen-bond acceptors (Lipinski definition) is 8. The highest BCUT2D eigenvalue weighted by Crippen LogP contribution is 2.34. The molecule has 0 saturated carbocycles. The quantitative estimate of drug-likeness (QED) is 0.440. The Kier molecular flexibility index (Phi) is 5.59. The maximum absolute atomic E-state index is 15.1. The first-order valence-electron chi connectivity index (χ1n) is 10.5. The molecule has 11 heteroatoms.